The van der Waals surface area contributed by atoms with E-state index in [9.17, 15) is 28.9 Å². The second-order valence-electron chi connectivity index (χ2n) is 6.30. The molecule has 26 heavy (non-hydrogen) atoms. The Labute approximate surface area is 146 Å². The minimum atomic E-state index is -1.13. The maximum absolute atomic E-state index is 14.0. The first-order chi connectivity index (χ1) is 12.1. The third kappa shape index (κ3) is 4.13. The van der Waals surface area contributed by atoms with Gasteiger partial charge in [0.25, 0.3) is 0 Å². The second kappa shape index (κ2) is 7.46. The van der Waals surface area contributed by atoms with E-state index in [1.165, 1.54) is 0 Å². The average molecular weight is 367 g/mol. The zero-order valence-electron chi connectivity index (χ0n) is 14.4. The molecule has 1 N–H and O–H groups in total. The van der Waals surface area contributed by atoms with Crippen LogP contribution in [0.1, 0.15) is 27.2 Å². The van der Waals surface area contributed by atoms with Crippen molar-refractivity contribution in [2.75, 3.05) is 0 Å². The molecule has 0 radical (unpaired) electrons. The van der Waals surface area contributed by atoms with Gasteiger partial charge in [-0.15, -0.1) is 0 Å². The number of fused-ring (bicyclic) bond motifs is 1. The number of carbonyl (C=O) groups is 1. The number of carbonyl (C=O) groups excluding carboxylic acids is 1. The van der Waals surface area contributed by atoms with Crippen LogP contribution in [-0.4, -0.2) is 26.5 Å². The number of benzene rings is 1. The Morgan fingerprint density at radius 1 is 1.35 bits per heavy atom. The van der Waals surface area contributed by atoms with Crippen molar-refractivity contribution in [1.29, 1.82) is 0 Å². The summed E-state index contributed by atoms with van der Waals surface area (Å²) in [4.78, 5) is 47.8. The fraction of sp³-hybridized carbons (Fsp3) is 0.438. The minimum absolute atomic E-state index is 0.00165. The molecule has 0 unspecified atom stereocenters. The largest absolute Gasteiger partial charge is 0.463 e. The van der Waals surface area contributed by atoms with Gasteiger partial charge in [0.05, 0.1) is 22.1 Å². The molecule has 2 rings (SSSR count). The Bertz CT molecular complexity index is 978. The van der Waals surface area contributed by atoms with Crippen LogP contribution in [-0.2, 0) is 16.1 Å². The summed E-state index contributed by atoms with van der Waals surface area (Å²) in [7, 11) is 0. The van der Waals surface area contributed by atoms with E-state index < -0.39 is 33.5 Å². The number of aromatic nitrogens is 2. The summed E-state index contributed by atoms with van der Waals surface area (Å²) in [6.07, 6.45) is -0.290. The van der Waals surface area contributed by atoms with Gasteiger partial charge in [-0.2, -0.15) is 4.39 Å². The summed E-state index contributed by atoms with van der Waals surface area (Å²) in [6, 6.07) is 1.68. The number of halogens is 1. The molecule has 140 valence electrons. The van der Waals surface area contributed by atoms with Crippen LogP contribution in [0, 0.1) is 21.8 Å². The number of nitrogens with one attached hydrogen (secondary N) is 1. The number of ether oxygens (including phenoxy) is 1. The third-order valence-electron chi connectivity index (χ3n) is 3.62. The number of nitro benzene ring substituents is 1. The lowest BCUT2D eigenvalue weighted by atomic mass is 10.1. The van der Waals surface area contributed by atoms with Gasteiger partial charge in [-0.25, -0.2) is 0 Å². The molecule has 0 aliphatic rings. The van der Waals surface area contributed by atoms with Crippen molar-refractivity contribution in [3.63, 3.8) is 0 Å². The number of nitro groups is 1. The van der Waals surface area contributed by atoms with Crippen molar-refractivity contribution < 1.29 is 18.8 Å². The van der Waals surface area contributed by atoms with Crippen molar-refractivity contribution in [2.24, 2.45) is 5.92 Å². The molecule has 1 atom stereocenters. The molecule has 0 amide bonds. The van der Waals surface area contributed by atoms with Crippen LogP contribution in [0.4, 0.5) is 10.1 Å². The van der Waals surface area contributed by atoms with Crippen LogP contribution >= 0.6 is 0 Å². The van der Waals surface area contributed by atoms with E-state index in [0.717, 1.165) is 16.7 Å². The highest BCUT2D eigenvalue weighted by atomic mass is 19.1. The molecule has 0 aliphatic heterocycles. The Hall–Kier alpha value is -3.04. The van der Waals surface area contributed by atoms with Gasteiger partial charge in [-0.3, -0.25) is 24.5 Å². The van der Waals surface area contributed by atoms with Crippen LogP contribution in [0.5, 0.6) is 0 Å². The lowest BCUT2D eigenvalue weighted by Crippen LogP contribution is -2.37. The predicted molar refractivity (Wildman–Crippen MR) is 90.5 cm³/mol. The molecule has 1 aromatic carbocycles. The van der Waals surface area contributed by atoms with Crippen molar-refractivity contribution >= 4 is 22.7 Å². The van der Waals surface area contributed by atoms with Crippen LogP contribution in [0.25, 0.3) is 11.0 Å². The normalized spacial score (nSPS) is 12.3. The highest BCUT2D eigenvalue weighted by Crippen LogP contribution is 2.22. The fourth-order valence-electron chi connectivity index (χ4n) is 2.58. The quantitative estimate of drug-likeness (QED) is 0.359. The Morgan fingerprint density at radius 2 is 2.00 bits per heavy atom. The fourth-order valence-corrected chi connectivity index (χ4v) is 2.58. The van der Waals surface area contributed by atoms with Gasteiger partial charge in [0, 0.05) is 25.1 Å². The number of nitrogens with zero attached hydrogens (tertiary/aromatic N) is 2. The van der Waals surface area contributed by atoms with Gasteiger partial charge < -0.3 is 14.3 Å². The smallest absolute Gasteiger partial charge is 0.316 e. The first-order valence-corrected chi connectivity index (χ1v) is 7.90. The van der Waals surface area contributed by atoms with Gasteiger partial charge in [0.15, 0.2) is 0 Å². The highest BCUT2D eigenvalue weighted by Gasteiger charge is 2.20. The Balaban J connectivity index is 2.46. The van der Waals surface area contributed by atoms with Crippen LogP contribution < -0.4 is 11.1 Å². The number of esters is 1. The van der Waals surface area contributed by atoms with Gasteiger partial charge >= 0.3 is 22.8 Å². The van der Waals surface area contributed by atoms with Crippen molar-refractivity contribution in [3.05, 3.63) is 48.8 Å². The molecule has 0 fully saturated rings. The summed E-state index contributed by atoms with van der Waals surface area (Å²) in [5, 5.41) is 10.8. The van der Waals surface area contributed by atoms with Gasteiger partial charge in [0.2, 0.25) is 5.82 Å². The summed E-state index contributed by atoms with van der Waals surface area (Å²) >= 11 is 0. The zero-order valence-corrected chi connectivity index (χ0v) is 14.4. The topological polar surface area (TPSA) is 124 Å². The van der Waals surface area contributed by atoms with Crippen LogP contribution in [0.2, 0.25) is 0 Å². The molecule has 0 saturated heterocycles. The Morgan fingerprint density at radius 3 is 2.58 bits per heavy atom. The summed E-state index contributed by atoms with van der Waals surface area (Å²) in [6.45, 7) is 5.02. The molecule has 1 heterocycles. The maximum Gasteiger partial charge on any atom is 0.316 e. The lowest BCUT2D eigenvalue weighted by Gasteiger charge is -2.16. The molecule has 0 spiro atoms. The molecule has 9 nitrogen and oxygen atoms in total. The zero-order chi connectivity index (χ0) is 19.6. The molecule has 10 heteroatoms. The van der Waals surface area contributed by atoms with E-state index in [1.807, 2.05) is 0 Å². The Kier molecular flexibility index (Phi) is 5.53. The summed E-state index contributed by atoms with van der Waals surface area (Å²) < 4.78 is 20.0. The lowest BCUT2D eigenvalue weighted by molar-refractivity contribution is -0.387. The number of hydrogen-bond donors (Lipinski definition) is 1. The van der Waals surface area contributed by atoms with E-state index in [-0.39, 0.29) is 36.0 Å². The molecule has 0 aliphatic carbocycles. The van der Waals surface area contributed by atoms with E-state index in [4.69, 9.17) is 4.74 Å². The third-order valence-corrected chi connectivity index (χ3v) is 3.62. The van der Waals surface area contributed by atoms with E-state index >= 15 is 0 Å². The number of hydrogen-bond acceptors (Lipinski definition) is 6. The molecule has 1 aromatic heterocycles. The minimum Gasteiger partial charge on any atom is -0.463 e. The van der Waals surface area contributed by atoms with Crippen molar-refractivity contribution in [2.45, 2.75) is 39.8 Å². The molecule has 0 saturated carbocycles. The predicted octanol–water partition coefficient (Wildman–Crippen LogP) is 1.71. The molecule has 2 aromatic rings. The number of H-pyrrole nitrogens is 1. The van der Waals surface area contributed by atoms with Crippen molar-refractivity contribution in [1.82, 2.24) is 9.55 Å². The average Bonchev–Trinajstić information content (AvgIpc) is 2.50. The van der Waals surface area contributed by atoms with Crippen LogP contribution in [0.15, 0.2) is 21.7 Å². The standard InChI is InChI=1S/C16H18FN3O6/c1-8(2)26-14(21)4-9(3)7-19-13-5-10(17)12(20(24)25)6-11(13)18-15(22)16(19)23/h5-6,8-9H,4,7H2,1-3H3,(H,18,22)/t9-/m1/s1. The second-order valence-corrected chi connectivity index (χ2v) is 6.30. The molecule has 0 bridgehead atoms. The van der Waals surface area contributed by atoms with E-state index in [2.05, 4.69) is 4.98 Å². The first kappa shape index (κ1) is 19.3. The monoisotopic (exact) mass is 367 g/mol. The highest BCUT2D eigenvalue weighted by molar-refractivity contribution is 5.77. The van der Waals surface area contributed by atoms with Crippen LogP contribution in [0.3, 0.4) is 0 Å². The van der Waals surface area contributed by atoms with E-state index in [0.29, 0.717) is 0 Å². The summed E-state index contributed by atoms with van der Waals surface area (Å²) in [5.41, 5.74) is -2.78. The van der Waals surface area contributed by atoms with E-state index in [1.54, 1.807) is 20.8 Å². The van der Waals surface area contributed by atoms with Gasteiger partial charge in [-0.05, 0) is 19.8 Å². The molecular weight excluding hydrogens is 349 g/mol. The van der Waals surface area contributed by atoms with Gasteiger partial charge in [0.1, 0.15) is 0 Å². The first-order valence-electron chi connectivity index (χ1n) is 7.90. The number of rotatable bonds is 6. The van der Waals surface area contributed by atoms with Crippen molar-refractivity contribution in [3.8, 4) is 0 Å². The number of aromatic amines is 1. The molecular formula is C16H18FN3O6. The van der Waals surface area contributed by atoms with Gasteiger partial charge in [-0.1, -0.05) is 6.92 Å². The summed E-state index contributed by atoms with van der Waals surface area (Å²) in [5.74, 6) is -1.98. The SMILES string of the molecule is CC(C)OC(=O)C[C@@H](C)Cn1c(=O)c(=O)[nH]c2cc([N+](=O)[O-])c(F)cc21. The maximum atomic E-state index is 14.0.